The molecule has 3 aromatic rings. The van der Waals surface area contributed by atoms with Gasteiger partial charge in [-0.25, -0.2) is 0 Å². The van der Waals surface area contributed by atoms with Crippen molar-refractivity contribution in [1.82, 2.24) is 14.8 Å². The largest absolute Gasteiger partial charge is 0.343 e. The Morgan fingerprint density at radius 2 is 1.84 bits per heavy atom. The minimum absolute atomic E-state index is 0.0791. The fourth-order valence-corrected chi connectivity index (χ4v) is 4.18. The van der Waals surface area contributed by atoms with Gasteiger partial charge in [0.25, 0.3) is 5.56 Å². The molecule has 1 aromatic heterocycles. The normalized spacial score (nSPS) is 11.2. The molecule has 0 spiro atoms. The number of benzene rings is 2. The zero-order valence-corrected chi connectivity index (χ0v) is 20.7. The van der Waals surface area contributed by atoms with Crippen molar-refractivity contribution in [3.8, 4) is 0 Å². The van der Waals surface area contributed by atoms with Gasteiger partial charge in [0, 0.05) is 29.4 Å². The molecule has 0 fully saturated rings. The summed E-state index contributed by atoms with van der Waals surface area (Å²) in [5, 5.41) is 5.52. The van der Waals surface area contributed by atoms with Gasteiger partial charge in [0.15, 0.2) is 5.11 Å². The smallest absolute Gasteiger partial charge is 0.253 e. The van der Waals surface area contributed by atoms with E-state index in [1.807, 2.05) is 42.2 Å². The number of fused-ring (bicyclic) bond motifs is 1. The monoisotopic (exact) mass is 470 g/mol. The van der Waals surface area contributed by atoms with Crippen molar-refractivity contribution in [2.24, 2.45) is 0 Å². The Labute approximate surface area is 200 Å². The van der Waals surface area contributed by atoms with Crippen LogP contribution >= 0.6 is 23.8 Å². The van der Waals surface area contributed by atoms with E-state index in [1.165, 1.54) is 0 Å². The Morgan fingerprint density at radius 1 is 1.09 bits per heavy atom. The predicted octanol–water partition coefficient (Wildman–Crippen LogP) is 5.34. The molecular weight excluding hydrogens is 440 g/mol. The number of anilines is 1. The molecule has 0 unspecified atom stereocenters. The number of thiocarbonyl (C=S) groups is 1. The van der Waals surface area contributed by atoms with Crippen LogP contribution in [-0.4, -0.2) is 46.1 Å². The Morgan fingerprint density at radius 3 is 2.53 bits per heavy atom. The molecule has 0 aliphatic heterocycles. The van der Waals surface area contributed by atoms with Gasteiger partial charge in [0.2, 0.25) is 0 Å². The van der Waals surface area contributed by atoms with Gasteiger partial charge in [-0.15, -0.1) is 0 Å². The van der Waals surface area contributed by atoms with Crippen LogP contribution in [0.25, 0.3) is 10.9 Å². The summed E-state index contributed by atoms with van der Waals surface area (Å²) in [5.74, 6) is 0. The lowest BCUT2D eigenvalue weighted by Crippen LogP contribution is -2.41. The van der Waals surface area contributed by atoms with Gasteiger partial charge in [-0.3, -0.25) is 4.79 Å². The number of aryl methyl sites for hydroxylation is 2. The van der Waals surface area contributed by atoms with Gasteiger partial charge in [-0.05, 0) is 79.9 Å². The SMILES string of the molecule is CCN(CC)CCN(Cc1cc2ccc(C)c(C)c2[nH]c1=O)C(=S)Nc1cccc(Cl)c1. The average molecular weight is 471 g/mol. The molecule has 0 radical (unpaired) electrons. The molecule has 0 saturated carbocycles. The lowest BCUT2D eigenvalue weighted by molar-refractivity contribution is 0.266. The maximum absolute atomic E-state index is 12.9. The van der Waals surface area contributed by atoms with Crippen LogP contribution in [0, 0.1) is 13.8 Å². The van der Waals surface area contributed by atoms with Crippen LogP contribution in [-0.2, 0) is 6.54 Å². The summed E-state index contributed by atoms with van der Waals surface area (Å²) in [6, 6.07) is 13.6. The summed E-state index contributed by atoms with van der Waals surface area (Å²) in [6.07, 6.45) is 0. The molecule has 2 aromatic carbocycles. The van der Waals surface area contributed by atoms with E-state index >= 15 is 0 Å². The summed E-state index contributed by atoms with van der Waals surface area (Å²) < 4.78 is 0. The Bertz CT molecular complexity index is 1160. The van der Waals surface area contributed by atoms with E-state index in [0.717, 1.165) is 47.4 Å². The standard InChI is InChI=1S/C25H31ClN4OS/c1-5-29(6-2)12-13-30(25(32)27-22-9-7-8-21(26)15-22)16-20-14-19-11-10-17(3)18(4)23(19)28-24(20)31/h7-11,14-15H,5-6,12-13,16H2,1-4H3,(H,27,32)(H,28,31). The van der Waals surface area contributed by atoms with Gasteiger partial charge in [0.05, 0.1) is 12.1 Å². The number of halogens is 1. The van der Waals surface area contributed by atoms with Crippen LogP contribution in [0.15, 0.2) is 47.3 Å². The lowest BCUT2D eigenvalue weighted by Gasteiger charge is -2.29. The summed E-state index contributed by atoms with van der Waals surface area (Å²) >= 11 is 11.9. The molecule has 0 saturated heterocycles. The van der Waals surface area contributed by atoms with Crippen molar-refractivity contribution >= 4 is 45.5 Å². The first-order valence-corrected chi connectivity index (χ1v) is 11.8. The molecule has 2 N–H and O–H groups in total. The van der Waals surface area contributed by atoms with Crippen molar-refractivity contribution < 1.29 is 0 Å². The van der Waals surface area contributed by atoms with Crippen LogP contribution in [0.2, 0.25) is 5.02 Å². The number of aromatic nitrogens is 1. The molecule has 170 valence electrons. The second kappa shape index (κ2) is 10.9. The third-order valence-electron chi connectivity index (χ3n) is 5.93. The molecule has 32 heavy (non-hydrogen) atoms. The Hall–Kier alpha value is -2.41. The first kappa shape index (κ1) is 24.2. The molecule has 0 bridgehead atoms. The quantitative estimate of drug-likeness (QED) is 0.435. The number of rotatable bonds is 8. The fourth-order valence-electron chi connectivity index (χ4n) is 3.72. The molecule has 3 rings (SSSR count). The third-order valence-corrected chi connectivity index (χ3v) is 6.53. The maximum atomic E-state index is 12.9. The number of nitrogens with zero attached hydrogens (tertiary/aromatic N) is 2. The zero-order valence-electron chi connectivity index (χ0n) is 19.2. The van der Waals surface area contributed by atoms with E-state index in [9.17, 15) is 4.79 Å². The van der Waals surface area contributed by atoms with Gasteiger partial charge in [-0.2, -0.15) is 0 Å². The van der Waals surface area contributed by atoms with Crippen molar-refractivity contribution in [2.45, 2.75) is 34.2 Å². The third kappa shape index (κ3) is 5.88. The first-order valence-electron chi connectivity index (χ1n) is 11.0. The number of H-pyrrole nitrogens is 1. The van der Waals surface area contributed by atoms with Crippen molar-refractivity contribution in [3.63, 3.8) is 0 Å². The average Bonchev–Trinajstić information content (AvgIpc) is 2.77. The van der Waals surface area contributed by atoms with Gasteiger partial charge >= 0.3 is 0 Å². The molecule has 5 nitrogen and oxygen atoms in total. The minimum atomic E-state index is -0.0791. The highest BCUT2D eigenvalue weighted by Gasteiger charge is 2.15. The second-order valence-corrected chi connectivity index (χ2v) is 8.81. The van der Waals surface area contributed by atoms with E-state index in [2.05, 4.69) is 48.1 Å². The molecule has 0 atom stereocenters. The van der Waals surface area contributed by atoms with E-state index < -0.39 is 0 Å². The molecular formula is C25H31ClN4OS. The predicted molar refractivity (Wildman–Crippen MR) is 140 cm³/mol. The number of hydrogen-bond acceptors (Lipinski definition) is 3. The van der Waals surface area contributed by atoms with Gasteiger partial charge < -0.3 is 20.1 Å². The number of nitrogens with one attached hydrogen (secondary N) is 2. The summed E-state index contributed by atoms with van der Waals surface area (Å²) in [4.78, 5) is 20.4. The Kier molecular flexibility index (Phi) is 8.29. The molecule has 0 aliphatic carbocycles. The highest BCUT2D eigenvalue weighted by molar-refractivity contribution is 7.80. The molecule has 1 heterocycles. The van der Waals surface area contributed by atoms with Gasteiger partial charge in [-0.1, -0.05) is 43.6 Å². The van der Waals surface area contributed by atoms with Crippen molar-refractivity contribution in [2.75, 3.05) is 31.5 Å². The highest BCUT2D eigenvalue weighted by Crippen LogP contribution is 2.20. The van der Waals surface area contributed by atoms with Crippen LogP contribution in [0.3, 0.4) is 0 Å². The van der Waals surface area contributed by atoms with Crippen LogP contribution in [0.5, 0.6) is 0 Å². The van der Waals surface area contributed by atoms with E-state index in [1.54, 1.807) is 0 Å². The van der Waals surface area contributed by atoms with Crippen molar-refractivity contribution in [1.29, 1.82) is 0 Å². The second-order valence-electron chi connectivity index (χ2n) is 7.98. The molecule has 0 amide bonds. The highest BCUT2D eigenvalue weighted by atomic mass is 35.5. The van der Waals surface area contributed by atoms with Crippen molar-refractivity contribution in [3.05, 3.63) is 74.5 Å². The van der Waals surface area contributed by atoms with E-state index in [4.69, 9.17) is 23.8 Å². The molecule has 7 heteroatoms. The van der Waals surface area contributed by atoms with E-state index in [0.29, 0.717) is 28.8 Å². The minimum Gasteiger partial charge on any atom is -0.343 e. The summed E-state index contributed by atoms with van der Waals surface area (Å²) in [7, 11) is 0. The number of likely N-dealkylation sites (N-methyl/N-ethyl adjacent to an activating group) is 1. The summed E-state index contributed by atoms with van der Waals surface area (Å²) in [5.41, 5.74) is 4.60. The topological polar surface area (TPSA) is 51.4 Å². The molecule has 0 aliphatic rings. The number of aromatic amines is 1. The van der Waals surface area contributed by atoms with Crippen LogP contribution in [0.4, 0.5) is 5.69 Å². The van der Waals surface area contributed by atoms with Crippen LogP contribution < -0.4 is 10.9 Å². The zero-order chi connectivity index (χ0) is 23.3. The lowest BCUT2D eigenvalue weighted by atomic mass is 10.0. The van der Waals surface area contributed by atoms with E-state index in [-0.39, 0.29) is 5.56 Å². The maximum Gasteiger partial charge on any atom is 0.253 e. The number of pyridine rings is 1. The summed E-state index contributed by atoms with van der Waals surface area (Å²) in [6.45, 7) is 12.3. The van der Waals surface area contributed by atoms with Gasteiger partial charge in [0.1, 0.15) is 0 Å². The fraction of sp³-hybridized carbons (Fsp3) is 0.360. The number of hydrogen-bond donors (Lipinski definition) is 2. The van der Waals surface area contributed by atoms with Crippen LogP contribution in [0.1, 0.15) is 30.5 Å². The Balaban J connectivity index is 1.88. The first-order chi connectivity index (χ1) is 15.3.